The van der Waals surface area contributed by atoms with E-state index in [9.17, 15) is 0 Å². The summed E-state index contributed by atoms with van der Waals surface area (Å²) in [4.78, 5) is 2.19. The van der Waals surface area contributed by atoms with E-state index in [1.165, 1.54) is 25.7 Å². The SMILES string of the molecule is CCCCN(CCCC)C(=S)S.[O]=[Mo]. The summed E-state index contributed by atoms with van der Waals surface area (Å²) in [5.41, 5.74) is 0. The van der Waals surface area contributed by atoms with Gasteiger partial charge in [-0.05, 0) is 12.8 Å². The molecule has 0 heterocycles. The first-order valence-electron chi connectivity index (χ1n) is 4.86. The molecule has 0 aromatic rings. The van der Waals surface area contributed by atoms with Crippen LogP contribution in [0.15, 0.2) is 0 Å². The number of unbranched alkanes of at least 4 members (excludes halogenated alkanes) is 2. The third-order valence-corrected chi connectivity index (χ3v) is 2.37. The van der Waals surface area contributed by atoms with Crippen LogP contribution in [0.2, 0.25) is 0 Å². The molecule has 0 aromatic carbocycles. The summed E-state index contributed by atoms with van der Waals surface area (Å²) in [6, 6.07) is 0. The first-order chi connectivity index (χ1) is 6.72. The molecule has 84 valence electrons. The zero-order chi connectivity index (χ0) is 11.4. The molecular weight excluding hydrogens is 298 g/mol. The van der Waals surface area contributed by atoms with E-state index in [1.807, 2.05) is 0 Å². The van der Waals surface area contributed by atoms with Crippen molar-refractivity contribution >= 4 is 29.2 Å². The van der Waals surface area contributed by atoms with Crippen LogP contribution in [-0.4, -0.2) is 22.3 Å². The summed E-state index contributed by atoms with van der Waals surface area (Å²) in [5.74, 6) is 0. The van der Waals surface area contributed by atoms with Crippen molar-refractivity contribution in [2.45, 2.75) is 39.5 Å². The Bertz CT molecular complexity index is 139. The topological polar surface area (TPSA) is 20.3 Å². The molecule has 0 saturated carbocycles. The average Bonchev–Trinajstić information content (AvgIpc) is 2.20. The van der Waals surface area contributed by atoms with Crippen LogP contribution in [0.5, 0.6) is 0 Å². The summed E-state index contributed by atoms with van der Waals surface area (Å²) in [7, 11) is 0. The number of thiocarbonyl (C=S) groups is 1. The Morgan fingerprint density at radius 1 is 1.21 bits per heavy atom. The summed E-state index contributed by atoms with van der Waals surface area (Å²) in [6.45, 7) is 6.52. The summed E-state index contributed by atoms with van der Waals surface area (Å²) >= 11 is 9.93. The quantitative estimate of drug-likeness (QED) is 0.462. The third kappa shape index (κ3) is 10.8. The van der Waals surface area contributed by atoms with Gasteiger partial charge in [-0.25, -0.2) is 0 Å². The zero-order valence-electron chi connectivity index (χ0n) is 8.86. The van der Waals surface area contributed by atoms with Crippen LogP contribution in [0.4, 0.5) is 0 Å². The van der Waals surface area contributed by atoms with Gasteiger partial charge in [0.25, 0.3) is 0 Å². The first-order valence-corrected chi connectivity index (χ1v) is 6.54. The van der Waals surface area contributed by atoms with Gasteiger partial charge < -0.3 is 4.90 Å². The van der Waals surface area contributed by atoms with Crippen LogP contribution in [-0.2, 0) is 23.2 Å². The number of nitrogens with zero attached hydrogens (tertiary/aromatic N) is 1. The average molecular weight is 317 g/mol. The second-order valence-corrected chi connectivity index (χ2v) is 4.09. The fourth-order valence-corrected chi connectivity index (χ4v) is 1.38. The maximum atomic E-state index is 8.26. The summed E-state index contributed by atoms with van der Waals surface area (Å²) in [6.07, 6.45) is 4.87. The van der Waals surface area contributed by atoms with Crippen molar-refractivity contribution in [2.75, 3.05) is 13.1 Å². The molecule has 0 spiro atoms. The molecule has 0 aliphatic carbocycles. The Kier molecular flexibility index (Phi) is 16.8. The Morgan fingerprint density at radius 3 is 1.79 bits per heavy atom. The maximum absolute atomic E-state index is 8.26. The van der Waals surface area contributed by atoms with Crippen molar-refractivity contribution in [3.8, 4) is 0 Å². The molecule has 0 aliphatic rings. The van der Waals surface area contributed by atoms with E-state index in [0.29, 0.717) is 19.8 Å². The fraction of sp³-hybridized carbons (Fsp3) is 0.889. The number of hydrogen-bond acceptors (Lipinski definition) is 2. The van der Waals surface area contributed by atoms with Gasteiger partial charge >= 0.3 is 23.2 Å². The van der Waals surface area contributed by atoms with Crippen LogP contribution in [0.3, 0.4) is 0 Å². The Hall–Kier alpha value is 0.728. The van der Waals surface area contributed by atoms with Gasteiger partial charge in [-0.2, -0.15) is 0 Å². The van der Waals surface area contributed by atoms with Crippen molar-refractivity contribution in [2.24, 2.45) is 0 Å². The van der Waals surface area contributed by atoms with E-state index in [-0.39, 0.29) is 0 Å². The molecule has 0 rings (SSSR count). The molecule has 0 fully saturated rings. The monoisotopic (exact) mass is 319 g/mol. The first kappa shape index (κ1) is 17.1. The molecule has 14 heavy (non-hydrogen) atoms. The van der Waals surface area contributed by atoms with Crippen LogP contribution in [0.1, 0.15) is 39.5 Å². The number of hydrogen-bond donors (Lipinski definition) is 1. The molecule has 0 atom stereocenters. The summed E-state index contributed by atoms with van der Waals surface area (Å²) < 4.78 is 9.01. The van der Waals surface area contributed by atoms with E-state index in [4.69, 9.17) is 15.6 Å². The van der Waals surface area contributed by atoms with Gasteiger partial charge in [0.15, 0.2) is 0 Å². The van der Waals surface area contributed by atoms with Gasteiger partial charge in [0, 0.05) is 13.1 Å². The summed E-state index contributed by atoms with van der Waals surface area (Å²) in [5, 5.41) is 0. The van der Waals surface area contributed by atoms with Crippen molar-refractivity contribution < 1.29 is 23.2 Å². The van der Waals surface area contributed by atoms with Crippen LogP contribution in [0, 0.1) is 0 Å². The van der Waals surface area contributed by atoms with Crippen molar-refractivity contribution in [3.05, 3.63) is 0 Å². The minimum absolute atomic E-state index is 0.700. The van der Waals surface area contributed by atoms with E-state index in [1.54, 1.807) is 0 Å². The van der Waals surface area contributed by atoms with Crippen LogP contribution in [0.25, 0.3) is 0 Å². The van der Waals surface area contributed by atoms with Crippen molar-refractivity contribution in [1.29, 1.82) is 0 Å². The normalized spacial score (nSPS) is 8.79. The molecule has 0 aliphatic heterocycles. The number of rotatable bonds is 6. The molecule has 0 unspecified atom stereocenters. The van der Waals surface area contributed by atoms with Gasteiger partial charge in [-0.15, -0.1) is 12.6 Å². The molecule has 0 N–H and O–H groups in total. The molecule has 0 saturated heterocycles. The van der Waals surface area contributed by atoms with E-state index < -0.39 is 0 Å². The minimum atomic E-state index is 0.700. The third-order valence-electron chi connectivity index (χ3n) is 1.83. The van der Waals surface area contributed by atoms with Gasteiger partial charge in [0.05, 0.1) is 0 Å². The van der Waals surface area contributed by atoms with E-state index >= 15 is 0 Å². The number of thiol groups is 1. The van der Waals surface area contributed by atoms with E-state index in [0.717, 1.165) is 17.4 Å². The predicted molar refractivity (Wildman–Crippen MR) is 63.7 cm³/mol. The Morgan fingerprint density at radius 2 is 1.57 bits per heavy atom. The standard InChI is InChI=1S/C9H19NS2.Mo.O/c1-3-5-7-10(9(11)12)8-6-4-2;;/h3-8H2,1-2H3,(H,11,12);;. The molecule has 0 aromatic heterocycles. The molecule has 0 amide bonds. The van der Waals surface area contributed by atoms with Gasteiger partial charge in [0.1, 0.15) is 4.32 Å². The predicted octanol–water partition coefficient (Wildman–Crippen LogP) is 2.98. The van der Waals surface area contributed by atoms with Gasteiger partial charge in [-0.3, -0.25) is 0 Å². The Balaban J connectivity index is 0. The van der Waals surface area contributed by atoms with Gasteiger partial charge in [-0.1, -0.05) is 38.9 Å². The van der Waals surface area contributed by atoms with Crippen molar-refractivity contribution in [3.63, 3.8) is 0 Å². The molecule has 0 radical (unpaired) electrons. The fourth-order valence-electron chi connectivity index (χ4n) is 1.00. The molecular formula is C9H19MoNOS2. The molecule has 2 nitrogen and oxygen atoms in total. The van der Waals surface area contributed by atoms with Crippen LogP contribution >= 0.6 is 24.8 Å². The van der Waals surface area contributed by atoms with Gasteiger partial charge in [0.2, 0.25) is 0 Å². The molecule has 0 bridgehead atoms. The Labute approximate surface area is 109 Å². The molecule has 5 heteroatoms. The van der Waals surface area contributed by atoms with Crippen LogP contribution < -0.4 is 0 Å². The van der Waals surface area contributed by atoms with E-state index in [2.05, 4.69) is 31.4 Å². The van der Waals surface area contributed by atoms with Crippen molar-refractivity contribution in [1.82, 2.24) is 4.90 Å². The zero-order valence-corrected chi connectivity index (χ0v) is 12.6. The second-order valence-electron chi connectivity index (χ2n) is 2.98. The second kappa shape index (κ2) is 13.7.